The van der Waals surface area contributed by atoms with Gasteiger partial charge in [-0.3, -0.25) is 9.13 Å². The van der Waals surface area contributed by atoms with Crippen molar-refractivity contribution in [1.29, 1.82) is 0 Å². The Hall–Kier alpha value is -2.22. The van der Waals surface area contributed by atoms with Crippen molar-refractivity contribution in [3.8, 4) is 5.69 Å². The Morgan fingerprint density at radius 3 is 2.60 bits per heavy atom. The van der Waals surface area contributed by atoms with Gasteiger partial charge in [-0.2, -0.15) is 4.68 Å². The molecule has 20 heavy (non-hydrogen) atoms. The lowest BCUT2D eigenvalue weighted by molar-refractivity contribution is -0.653. The summed E-state index contributed by atoms with van der Waals surface area (Å²) in [7, 11) is 5.79. The maximum Gasteiger partial charge on any atom is 0.174 e. The van der Waals surface area contributed by atoms with Crippen LogP contribution in [-0.4, -0.2) is 31.7 Å². The molecule has 6 nitrogen and oxygen atoms in total. The minimum absolute atomic E-state index is 0.525. The molecule has 0 unspecified atom stereocenters. The summed E-state index contributed by atoms with van der Waals surface area (Å²) in [6, 6.07) is 9.72. The molecule has 0 spiro atoms. The summed E-state index contributed by atoms with van der Waals surface area (Å²) < 4.78 is 7.73. The van der Waals surface area contributed by atoms with Gasteiger partial charge < -0.3 is 4.59 Å². The number of imidazole rings is 1. The molecule has 0 atom stereocenters. The summed E-state index contributed by atoms with van der Waals surface area (Å²) in [6.07, 6.45) is 3.94. The second kappa shape index (κ2) is 5.05. The van der Waals surface area contributed by atoms with Gasteiger partial charge in [0.25, 0.3) is 0 Å². The number of hydrogen-bond acceptors (Lipinski definition) is 3. The Morgan fingerprint density at radius 1 is 1.20 bits per heavy atom. The van der Waals surface area contributed by atoms with E-state index in [9.17, 15) is 0 Å². The van der Waals surface area contributed by atoms with E-state index in [1.54, 1.807) is 9.27 Å². The minimum atomic E-state index is 0.525. The number of tetrazole rings is 1. The van der Waals surface area contributed by atoms with Crippen molar-refractivity contribution in [3.05, 3.63) is 47.5 Å². The SMILES string of the molecule is Cn1cc[n+](C)c1[B-]n1nnn(-c2ccccc2)c1=S. The lowest BCUT2D eigenvalue weighted by Crippen LogP contribution is -2.51. The van der Waals surface area contributed by atoms with Gasteiger partial charge in [0.05, 0.1) is 19.8 Å². The number of rotatable bonds is 3. The van der Waals surface area contributed by atoms with Gasteiger partial charge in [-0.05, 0) is 37.0 Å². The molecule has 0 saturated heterocycles. The highest BCUT2D eigenvalue weighted by atomic mass is 32.1. The highest BCUT2D eigenvalue weighted by Gasteiger charge is 2.04. The summed E-state index contributed by atoms with van der Waals surface area (Å²) in [5, 5.41) is 8.19. The molecule has 3 rings (SSSR count). The third kappa shape index (κ3) is 2.18. The van der Waals surface area contributed by atoms with E-state index in [0.29, 0.717) is 4.77 Å². The first-order valence-electron chi connectivity index (χ1n) is 6.12. The fourth-order valence-electron chi connectivity index (χ4n) is 1.96. The van der Waals surface area contributed by atoms with Crippen LogP contribution in [0.4, 0.5) is 0 Å². The molecular formula is C12H13BN6S. The lowest BCUT2D eigenvalue weighted by atomic mass is 9.94. The fourth-order valence-corrected chi connectivity index (χ4v) is 2.19. The number of aromatic nitrogens is 6. The Kier molecular flexibility index (Phi) is 3.23. The molecule has 2 heterocycles. The van der Waals surface area contributed by atoms with E-state index in [0.717, 1.165) is 11.4 Å². The molecule has 0 saturated carbocycles. The van der Waals surface area contributed by atoms with Gasteiger partial charge in [0.15, 0.2) is 4.77 Å². The molecule has 0 fully saturated rings. The summed E-state index contributed by atoms with van der Waals surface area (Å²) in [4.78, 5) is 0. The Labute approximate surface area is 122 Å². The Balaban J connectivity index is 1.98. The summed E-state index contributed by atoms with van der Waals surface area (Å²) in [5.41, 5.74) is 1.87. The molecule has 0 bridgehead atoms. The van der Waals surface area contributed by atoms with Crippen LogP contribution in [0.15, 0.2) is 42.7 Å². The van der Waals surface area contributed by atoms with Crippen LogP contribution in [0.1, 0.15) is 0 Å². The van der Waals surface area contributed by atoms with E-state index in [1.165, 1.54) is 0 Å². The second-order valence-corrected chi connectivity index (χ2v) is 4.83. The molecule has 2 radical (unpaired) electrons. The number of nitrogens with zero attached hydrogens (tertiary/aromatic N) is 6. The highest BCUT2D eigenvalue weighted by Crippen LogP contribution is 2.04. The second-order valence-electron chi connectivity index (χ2n) is 4.46. The fraction of sp³-hybridized carbons (Fsp3) is 0.167. The summed E-state index contributed by atoms with van der Waals surface area (Å²) in [6.45, 7) is 0. The maximum absolute atomic E-state index is 5.42. The maximum atomic E-state index is 5.42. The van der Waals surface area contributed by atoms with Crippen molar-refractivity contribution in [3.63, 3.8) is 0 Å². The van der Waals surface area contributed by atoms with Gasteiger partial charge in [-0.25, -0.2) is 0 Å². The zero-order chi connectivity index (χ0) is 14.1. The van der Waals surface area contributed by atoms with E-state index >= 15 is 0 Å². The summed E-state index contributed by atoms with van der Waals surface area (Å²) >= 11 is 5.42. The van der Waals surface area contributed by atoms with E-state index in [-0.39, 0.29) is 0 Å². The van der Waals surface area contributed by atoms with Crippen molar-refractivity contribution in [1.82, 2.24) is 24.3 Å². The first-order chi connectivity index (χ1) is 9.66. The number of aryl methyl sites for hydroxylation is 2. The third-order valence-corrected chi connectivity index (χ3v) is 3.44. The van der Waals surface area contributed by atoms with Crippen LogP contribution in [0.3, 0.4) is 0 Å². The van der Waals surface area contributed by atoms with Gasteiger partial charge in [0, 0.05) is 5.72 Å². The average molecular weight is 284 g/mol. The normalized spacial score (nSPS) is 10.9. The molecule has 8 heteroatoms. The van der Waals surface area contributed by atoms with Crippen LogP contribution in [0.5, 0.6) is 0 Å². The largest absolute Gasteiger partial charge is 0.452 e. The number of hydrogen-bond donors (Lipinski definition) is 0. The van der Waals surface area contributed by atoms with Crippen LogP contribution in [0.2, 0.25) is 0 Å². The van der Waals surface area contributed by atoms with Gasteiger partial charge >= 0.3 is 0 Å². The molecule has 0 aliphatic carbocycles. The van der Waals surface area contributed by atoms with Gasteiger partial charge in [0.2, 0.25) is 0 Å². The molecular weight excluding hydrogens is 271 g/mol. The van der Waals surface area contributed by atoms with Crippen molar-refractivity contribution < 1.29 is 4.57 Å². The van der Waals surface area contributed by atoms with Gasteiger partial charge in [-0.1, -0.05) is 23.4 Å². The van der Waals surface area contributed by atoms with Crippen LogP contribution in [0, 0.1) is 4.77 Å². The van der Waals surface area contributed by atoms with Crippen LogP contribution in [0.25, 0.3) is 5.69 Å². The molecule has 0 aliphatic rings. The number of para-hydroxylation sites is 1. The van der Waals surface area contributed by atoms with Crippen molar-refractivity contribution >= 4 is 25.4 Å². The van der Waals surface area contributed by atoms with Gasteiger partial charge in [-0.15, -0.1) is 0 Å². The molecule has 3 aromatic rings. The van der Waals surface area contributed by atoms with E-state index in [1.807, 2.05) is 73.4 Å². The van der Waals surface area contributed by atoms with Crippen LogP contribution < -0.4 is 10.3 Å². The molecule has 0 aliphatic heterocycles. The Morgan fingerprint density at radius 2 is 1.95 bits per heavy atom. The smallest absolute Gasteiger partial charge is 0.174 e. The Bertz CT molecular complexity index is 768. The zero-order valence-corrected chi connectivity index (χ0v) is 12.0. The predicted molar refractivity (Wildman–Crippen MR) is 77.6 cm³/mol. The predicted octanol–water partition coefficient (Wildman–Crippen LogP) is -0.246. The van der Waals surface area contributed by atoms with E-state index in [4.69, 9.17) is 12.2 Å². The van der Waals surface area contributed by atoms with E-state index < -0.39 is 0 Å². The zero-order valence-electron chi connectivity index (χ0n) is 11.2. The average Bonchev–Trinajstić information content (AvgIpc) is 2.98. The molecule has 0 amide bonds. The molecule has 0 N–H and O–H groups in total. The van der Waals surface area contributed by atoms with Crippen LogP contribution in [-0.2, 0) is 14.1 Å². The van der Waals surface area contributed by atoms with E-state index in [2.05, 4.69) is 10.4 Å². The number of benzene rings is 1. The molecule has 2 aromatic heterocycles. The highest BCUT2D eigenvalue weighted by molar-refractivity contribution is 7.71. The van der Waals surface area contributed by atoms with Crippen LogP contribution >= 0.6 is 12.2 Å². The first kappa shape index (κ1) is 12.8. The summed E-state index contributed by atoms with van der Waals surface area (Å²) in [5.74, 6) is 0. The molecule has 1 aromatic carbocycles. The lowest BCUT2D eigenvalue weighted by Gasteiger charge is -2.12. The molecule has 100 valence electrons. The minimum Gasteiger partial charge on any atom is -0.452 e. The first-order valence-corrected chi connectivity index (χ1v) is 6.53. The monoisotopic (exact) mass is 284 g/mol. The third-order valence-electron chi connectivity index (χ3n) is 3.08. The standard InChI is InChI=1S/C12H13BN6S/c1-16-8-9-17(2)11(16)13-19-12(20)18(14-15-19)10-6-4-3-5-7-10/h3-9H,1-2H3. The quantitative estimate of drug-likeness (QED) is 0.378. The topological polar surface area (TPSA) is 44.4 Å². The van der Waals surface area contributed by atoms with Crippen molar-refractivity contribution in [2.75, 3.05) is 0 Å². The van der Waals surface area contributed by atoms with Crippen molar-refractivity contribution in [2.45, 2.75) is 0 Å². The van der Waals surface area contributed by atoms with Gasteiger partial charge in [0.1, 0.15) is 12.4 Å². The van der Waals surface area contributed by atoms with Crippen molar-refractivity contribution in [2.24, 2.45) is 14.1 Å².